The largest absolute Gasteiger partial charge is 0.396 e. The Balaban J connectivity index is 1.93. The van der Waals surface area contributed by atoms with Crippen LogP contribution in [0.25, 0.3) is 0 Å². The predicted octanol–water partition coefficient (Wildman–Crippen LogP) is 2.12. The third kappa shape index (κ3) is 3.47. The lowest BCUT2D eigenvalue weighted by molar-refractivity contribution is 0.288. The van der Waals surface area contributed by atoms with E-state index in [2.05, 4.69) is 48.5 Å². The van der Waals surface area contributed by atoms with Gasteiger partial charge in [-0.15, -0.1) is 0 Å². The highest BCUT2D eigenvalue weighted by molar-refractivity contribution is 5.47. The van der Waals surface area contributed by atoms with Crippen molar-refractivity contribution in [2.75, 3.05) is 25.5 Å². The predicted molar refractivity (Wildman–Crippen MR) is 76.0 cm³/mol. The molecule has 2 atom stereocenters. The molecule has 0 aliphatic carbocycles. The van der Waals surface area contributed by atoms with Crippen LogP contribution in [-0.2, 0) is 6.42 Å². The Morgan fingerprint density at radius 3 is 2.94 bits per heavy atom. The summed E-state index contributed by atoms with van der Waals surface area (Å²) < 4.78 is 0. The third-order valence-corrected chi connectivity index (χ3v) is 3.81. The Morgan fingerprint density at radius 1 is 1.44 bits per heavy atom. The molecule has 2 N–H and O–H groups in total. The Kier molecular flexibility index (Phi) is 4.61. The average Bonchev–Trinajstić information content (AvgIpc) is 2.66. The summed E-state index contributed by atoms with van der Waals surface area (Å²) in [5.41, 5.74) is 2.51. The van der Waals surface area contributed by atoms with Crippen LogP contribution in [-0.4, -0.2) is 42.3 Å². The number of rotatable bonds is 5. The minimum absolute atomic E-state index is 0.266. The number of hydrogen-bond donors (Lipinski definition) is 2. The molecular formula is C15H24N2O. The van der Waals surface area contributed by atoms with Gasteiger partial charge < -0.3 is 15.3 Å². The lowest BCUT2D eigenvalue weighted by atomic mass is 10.1. The van der Waals surface area contributed by atoms with E-state index in [0.717, 1.165) is 19.4 Å². The van der Waals surface area contributed by atoms with Crippen molar-refractivity contribution in [3.05, 3.63) is 29.8 Å². The van der Waals surface area contributed by atoms with Crippen LogP contribution in [0.5, 0.6) is 0 Å². The third-order valence-electron chi connectivity index (χ3n) is 3.81. The second-order valence-corrected chi connectivity index (χ2v) is 5.39. The summed E-state index contributed by atoms with van der Waals surface area (Å²) >= 11 is 0. The van der Waals surface area contributed by atoms with Crippen LogP contribution in [0.4, 0.5) is 5.69 Å². The van der Waals surface area contributed by atoms with E-state index in [1.165, 1.54) is 17.7 Å². The Morgan fingerprint density at radius 2 is 2.28 bits per heavy atom. The van der Waals surface area contributed by atoms with Crippen molar-refractivity contribution < 1.29 is 5.11 Å². The maximum absolute atomic E-state index is 8.86. The van der Waals surface area contributed by atoms with Gasteiger partial charge in [-0.1, -0.05) is 12.1 Å². The van der Waals surface area contributed by atoms with Crippen LogP contribution in [0.2, 0.25) is 0 Å². The average molecular weight is 248 g/mol. The molecule has 3 nitrogen and oxygen atoms in total. The van der Waals surface area contributed by atoms with Gasteiger partial charge in [-0.25, -0.2) is 0 Å². The molecule has 1 aliphatic heterocycles. The topological polar surface area (TPSA) is 35.5 Å². The SMILES string of the molecule is CC1CC(Nc2cccc(CCCO)c2)CN1C. The number of likely N-dealkylation sites (N-methyl/N-ethyl adjacent to an activating group) is 1. The summed E-state index contributed by atoms with van der Waals surface area (Å²) in [6.07, 6.45) is 3.00. The van der Waals surface area contributed by atoms with Crippen molar-refractivity contribution in [2.45, 2.75) is 38.3 Å². The number of nitrogens with one attached hydrogen (secondary N) is 1. The molecule has 0 bridgehead atoms. The van der Waals surface area contributed by atoms with Gasteiger partial charge in [0.2, 0.25) is 0 Å². The van der Waals surface area contributed by atoms with Gasteiger partial charge in [0.1, 0.15) is 0 Å². The minimum Gasteiger partial charge on any atom is -0.396 e. The minimum atomic E-state index is 0.266. The van der Waals surface area contributed by atoms with Crippen LogP contribution in [0.15, 0.2) is 24.3 Å². The molecule has 0 radical (unpaired) electrons. The van der Waals surface area contributed by atoms with E-state index in [9.17, 15) is 0 Å². The molecule has 18 heavy (non-hydrogen) atoms. The zero-order chi connectivity index (χ0) is 13.0. The van der Waals surface area contributed by atoms with Gasteiger partial charge in [-0.3, -0.25) is 0 Å². The zero-order valence-electron chi connectivity index (χ0n) is 11.4. The van der Waals surface area contributed by atoms with Crippen LogP contribution >= 0.6 is 0 Å². The Labute approximate surface area is 110 Å². The van der Waals surface area contributed by atoms with Crippen molar-refractivity contribution in [2.24, 2.45) is 0 Å². The van der Waals surface area contributed by atoms with Crippen molar-refractivity contribution >= 4 is 5.69 Å². The summed E-state index contributed by atoms with van der Waals surface area (Å²) in [5, 5.41) is 12.5. The van der Waals surface area contributed by atoms with E-state index in [-0.39, 0.29) is 6.61 Å². The number of hydrogen-bond acceptors (Lipinski definition) is 3. The van der Waals surface area contributed by atoms with E-state index < -0.39 is 0 Å². The van der Waals surface area contributed by atoms with E-state index in [4.69, 9.17) is 5.11 Å². The number of nitrogens with zero attached hydrogens (tertiary/aromatic N) is 1. The van der Waals surface area contributed by atoms with Crippen LogP contribution in [0, 0.1) is 0 Å². The molecule has 3 heteroatoms. The standard InChI is InChI=1S/C15H24N2O/c1-12-9-15(11-17(12)2)16-14-7-3-5-13(10-14)6-4-8-18/h3,5,7,10,12,15-16,18H,4,6,8-9,11H2,1-2H3. The maximum Gasteiger partial charge on any atom is 0.0434 e. The quantitative estimate of drug-likeness (QED) is 0.838. The van der Waals surface area contributed by atoms with Gasteiger partial charge in [0.15, 0.2) is 0 Å². The van der Waals surface area contributed by atoms with Gasteiger partial charge in [0.25, 0.3) is 0 Å². The summed E-state index contributed by atoms with van der Waals surface area (Å²) in [5.74, 6) is 0. The molecule has 100 valence electrons. The van der Waals surface area contributed by atoms with E-state index in [0.29, 0.717) is 12.1 Å². The van der Waals surface area contributed by atoms with Gasteiger partial charge in [0.05, 0.1) is 0 Å². The molecular weight excluding hydrogens is 224 g/mol. The number of aliphatic hydroxyl groups is 1. The molecule has 1 heterocycles. The molecule has 1 aliphatic rings. The first kappa shape index (κ1) is 13.4. The zero-order valence-corrected chi connectivity index (χ0v) is 11.4. The first-order valence-electron chi connectivity index (χ1n) is 6.85. The molecule has 0 saturated carbocycles. The summed E-state index contributed by atoms with van der Waals surface area (Å²) in [6.45, 7) is 3.66. The lowest BCUT2D eigenvalue weighted by Gasteiger charge is -2.15. The molecule has 1 saturated heterocycles. The summed E-state index contributed by atoms with van der Waals surface area (Å²) in [7, 11) is 2.18. The fourth-order valence-electron chi connectivity index (χ4n) is 2.63. The second kappa shape index (κ2) is 6.21. The molecule has 1 aromatic carbocycles. The maximum atomic E-state index is 8.86. The van der Waals surface area contributed by atoms with Crippen LogP contribution in [0.3, 0.4) is 0 Å². The van der Waals surface area contributed by atoms with Crippen molar-refractivity contribution in [3.8, 4) is 0 Å². The van der Waals surface area contributed by atoms with Crippen molar-refractivity contribution in [1.29, 1.82) is 0 Å². The van der Waals surface area contributed by atoms with Gasteiger partial charge >= 0.3 is 0 Å². The van der Waals surface area contributed by atoms with Gasteiger partial charge in [-0.2, -0.15) is 0 Å². The van der Waals surface area contributed by atoms with Gasteiger partial charge in [0, 0.05) is 30.9 Å². The fraction of sp³-hybridized carbons (Fsp3) is 0.600. The van der Waals surface area contributed by atoms with Crippen LogP contribution in [0.1, 0.15) is 25.3 Å². The highest BCUT2D eigenvalue weighted by atomic mass is 16.2. The highest BCUT2D eigenvalue weighted by Crippen LogP contribution is 2.20. The van der Waals surface area contributed by atoms with E-state index >= 15 is 0 Å². The Hall–Kier alpha value is -1.06. The summed E-state index contributed by atoms with van der Waals surface area (Å²) in [6, 6.07) is 9.78. The molecule has 1 fully saturated rings. The van der Waals surface area contributed by atoms with Crippen molar-refractivity contribution in [1.82, 2.24) is 4.90 Å². The van der Waals surface area contributed by atoms with Crippen molar-refractivity contribution in [3.63, 3.8) is 0 Å². The Bertz CT molecular complexity index is 371. The molecule has 0 amide bonds. The second-order valence-electron chi connectivity index (χ2n) is 5.39. The number of benzene rings is 1. The monoisotopic (exact) mass is 248 g/mol. The number of aryl methyl sites for hydroxylation is 1. The molecule has 2 unspecified atom stereocenters. The van der Waals surface area contributed by atoms with E-state index in [1.807, 2.05) is 0 Å². The smallest absolute Gasteiger partial charge is 0.0434 e. The van der Waals surface area contributed by atoms with Crippen LogP contribution < -0.4 is 5.32 Å². The first-order chi connectivity index (χ1) is 8.69. The molecule has 0 aromatic heterocycles. The molecule has 1 aromatic rings. The molecule has 2 rings (SSSR count). The van der Waals surface area contributed by atoms with Gasteiger partial charge in [-0.05, 0) is 50.9 Å². The summed E-state index contributed by atoms with van der Waals surface area (Å²) in [4.78, 5) is 2.40. The lowest BCUT2D eigenvalue weighted by Crippen LogP contribution is -2.24. The fourth-order valence-corrected chi connectivity index (χ4v) is 2.63. The first-order valence-corrected chi connectivity index (χ1v) is 6.85. The highest BCUT2D eigenvalue weighted by Gasteiger charge is 2.25. The number of likely N-dealkylation sites (tertiary alicyclic amines) is 1. The number of aliphatic hydroxyl groups excluding tert-OH is 1. The van der Waals surface area contributed by atoms with E-state index in [1.54, 1.807) is 0 Å². The number of anilines is 1. The normalized spacial score (nSPS) is 24.4. The molecule has 0 spiro atoms.